The fourth-order valence-corrected chi connectivity index (χ4v) is 7.29. The Morgan fingerprint density at radius 3 is 2.48 bits per heavy atom. The second kappa shape index (κ2) is 13.7. The standard InChI is InChI=1S/C23H23B2Cl2N3O10S2/c1-9(21(34)38-24)40-29-15(16-18(27)41-13(28-16)6-14(32)37-23(2,3)4)12(31)5-11-19(33)30-17(22(35)39-25)10(7-26)8-42(36)20(11)30/h9,11,20H,5-8H2,1-4H3/b29-15-/t9-,11+,20+,42?/m0/s1. The lowest BCUT2D eigenvalue weighted by molar-refractivity contribution is -0.154. The molecule has 3 rings (SSSR count). The lowest BCUT2D eigenvalue weighted by Gasteiger charge is -2.49. The number of aromatic nitrogens is 1. The molecule has 1 unspecified atom stereocenters. The minimum absolute atomic E-state index is 0.0521. The summed E-state index contributed by atoms with van der Waals surface area (Å²) in [5, 5.41) is 2.87. The minimum atomic E-state index is -1.73. The highest BCUT2D eigenvalue weighted by Gasteiger charge is 2.57. The molecular formula is C23H23B2Cl2N3O10S2. The first kappa shape index (κ1) is 33.7. The number of carbonyl (C=O) groups excluding carboxylic acids is 5. The summed E-state index contributed by atoms with van der Waals surface area (Å²) in [5.41, 5.74) is -1.47. The molecule has 1 saturated heterocycles. The minimum Gasteiger partial charge on any atom is -0.541 e. The van der Waals surface area contributed by atoms with Gasteiger partial charge in [0.2, 0.25) is 12.0 Å². The molecule has 0 bridgehead atoms. The second-order valence-electron chi connectivity index (χ2n) is 9.97. The van der Waals surface area contributed by atoms with Gasteiger partial charge in [0.05, 0.1) is 18.1 Å². The normalized spacial score (nSPS) is 21.2. The summed E-state index contributed by atoms with van der Waals surface area (Å²) >= 11 is 13.1. The fraction of sp³-hybridized carbons (Fsp3) is 0.522. The molecule has 2 aliphatic rings. The number of rotatable bonds is 11. The SMILES string of the molecule is [B]OC(=O)C1=C(CCl)CS(=O)[C@@H]2[C@H](CC(=O)/C(=N/O[C@@H](C)C(=O)O[B])c3nc(CC(=O)OC(C)(C)C)sc3Cl)C(=O)N12. The van der Waals surface area contributed by atoms with Crippen LogP contribution in [-0.4, -0.2) is 94.2 Å². The van der Waals surface area contributed by atoms with E-state index in [2.05, 4.69) is 19.4 Å². The number of hydrogen-bond donors (Lipinski definition) is 0. The van der Waals surface area contributed by atoms with E-state index in [1.54, 1.807) is 20.8 Å². The van der Waals surface area contributed by atoms with Gasteiger partial charge < -0.3 is 18.9 Å². The summed E-state index contributed by atoms with van der Waals surface area (Å²) in [6, 6.07) is 0. The van der Waals surface area contributed by atoms with Crippen molar-refractivity contribution in [3.8, 4) is 0 Å². The van der Waals surface area contributed by atoms with Crippen LogP contribution in [0.3, 0.4) is 0 Å². The average molecular weight is 658 g/mol. The average Bonchev–Trinajstić information content (AvgIpc) is 3.27. The Morgan fingerprint density at radius 2 is 1.90 bits per heavy atom. The van der Waals surface area contributed by atoms with Gasteiger partial charge in [0, 0.05) is 23.1 Å². The molecule has 1 amide bonds. The molecule has 3 heterocycles. The van der Waals surface area contributed by atoms with Crippen LogP contribution in [0.15, 0.2) is 16.4 Å². The third-order valence-corrected chi connectivity index (χ3v) is 9.05. The molecule has 0 aliphatic carbocycles. The number of fused-ring (bicyclic) bond motifs is 1. The molecule has 13 nitrogen and oxygen atoms in total. The third kappa shape index (κ3) is 7.41. The molecule has 4 atom stereocenters. The number of nitrogens with zero attached hydrogens (tertiary/aromatic N) is 3. The van der Waals surface area contributed by atoms with Crippen LogP contribution < -0.4 is 0 Å². The molecule has 0 saturated carbocycles. The molecule has 2 aliphatic heterocycles. The van der Waals surface area contributed by atoms with Gasteiger partial charge in [-0.1, -0.05) is 16.8 Å². The first-order valence-electron chi connectivity index (χ1n) is 12.1. The molecule has 42 heavy (non-hydrogen) atoms. The Labute approximate surface area is 259 Å². The third-order valence-electron chi connectivity index (χ3n) is 5.77. The van der Waals surface area contributed by atoms with Crippen molar-refractivity contribution in [1.29, 1.82) is 0 Å². The molecule has 19 heteroatoms. The summed E-state index contributed by atoms with van der Waals surface area (Å²) in [5.74, 6) is -5.70. The number of Topliss-reactive ketones (excluding diaryl/α,β-unsaturated/α-hetero) is 1. The summed E-state index contributed by atoms with van der Waals surface area (Å²) in [7, 11) is 8.14. The molecule has 4 radical (unpaired) electrons. The maximum Gasteiger partial charge on any atom is 0.378 e. The van der Waals surface area contributed by atoms with Gasteiger partial charge in [-0.15, -0.1) is 22.9 Å². The first-order chi connectivity index (χ1) is 19.6. The zero-order valence-electron chi connectivity index (χ0n) is 22.7. The number of oxime groups is 1. The van der Waals surface area contributed by atoms with Crippen molar-refractivity contribution in [2.24, 2.45) is 11.1 Å². The van der Waals surface area contributed by atoms with Gasteiger partial charge >= 0.3 is 34.0 Å². The van der Waals surface area contributed by atoms with Crippen LogP contribution in [0.25, 0.3) is 0 Å². The number of carbonyl (C=O) groups is 5. The van der Waals surface area contributed by atoms with Gasteiger partial charge in [0.1, 0.15) is 31.7 Å². The largest absolute Gasteiger partial charge is 0.541 e. The molecule has 1 aromatic heterocycles. The number of amides is 1. The monoisotopic (exact) mass is 657 g/mol. The zero-order valence-corrected chi connectivity index (χ0v) is 25.9. The highest BCUT2D eigenvalue weighted by molar-refractivity contribution is 7.86. The fourth-order valence-electron chi connectivity index (χ4n) is 4.01. The Balaban J connectivity index is 1.92. The Bertz CT molecular complexity index is 1390. The number of thiazole rings is 1. The van der Waals surface area contributed by atoms with Crippen LogP contribution in [0.4, 0.5) is 0 Å². The van der Waals surface area contributed by atoms with Crippen LogP contribution in [0, 0.1) is 5.92 Å². The van der Waals surface area contributed by atoms with Crippen LogP contribution in [0.2, 0.25) is 4.34 Å². The first-order valence-corrected chi connectivity index (χ1v) is 15.2. The summed E-state index contributed by atoms with van der Waals surface area (Å²) in [4.78, 5) is 73.2. The molecular weight excluding hydrogens is 635 g/mol. The summed E-state index contributed by atoms with van der Waals surface area (Å²) in [6.07, 6.45) is -2.18. The van der Waals surface area contributed by atoms with E-state index in [1.807, 2.05) is 0 Å². The molecule has 1 fully saturated rings. The molecule has 0 aromatic carbocycles. The second-order valence-corrected chi connectivity index (χ2v) is 13.5. The lowest BCUT2D eigenvalue weighted by atomic mass is 9.89. The van der Waals surface area contributed by atoms with E-state index in [0.717, 1.165) is 16.2 Å². The number of esters is 1. The van der Waals surface area contributed by atoms with Crippen molar-refractivity contribution in [2.45, 2.75) is 57.6 Å². The van der Waals surface area contributed by atoms with E-state index < -0.39 is 75.5 Å². The van der Waals surface area contributed by atoms with E-state index in [9.17, 15) is 28.2 Å². The number of hydrogen-bond acceptors (Lipinski definition) is 13. The number of halogens is 2. The topological polar surface area (TPSA) is 168 Å². The summed E-state index contributed by atoms with van der Waals surface area (Å²) in [6.45, 7) is 6.32. The van der Waals surface area contributed by atoms with E-state index >= 15 is 0 Å². The van der Waals surface area contributed by atoms with Gasteiger partial charge in [0.25, 0.3) is 0 Å². The van der Waals surface area contributed by atoms with E-state index in [4.69, 9.17) is 48.9 Å². The van der Waals surface area contributed by atoms with Crippen molar-refractivity contribution < 1.29 is 47.1 Å². The van der Waals surface area contributed by atoms with Crippen LogP contribution >= 0.6 is 34.5 Å². The summed E-state index contributed by atoms with van der Waals surface area (Å²) < 4.78 is 26.6. The van der Waals surface area contributed by atoms with Gasteiger partial charge in [-0.05, 0) is 33.3 Å². The zero-order chi connectivity index (χ0) is 31.5. The van der Waals surface area contributed by atoms with E-state index in [0.29, 0.717) is 0 Å². The molecule has 0 N–H and O–H groups in total. The number of β-lactam (4-membered cyclic amide) rings is 1. The van der Waals surface area contributed by atoms with Crippen LogP contribution in [0.5, 0.6) is 0 Å². The van der Waals surface area contributed by atoms with E-state index in [1.165, 1.54) is 6.92 Å². The van der Waals surface area contributed by atoms with Crippen LogP contribution in [0.1, 0.15) is 44.8 Å². The van der Waals surface area contributed by atoms with Crippen molar-refractivity contribution >= 4 is 96.7 Å². The van der Waals surface area contributed by atoms with Crippen molar-refractivity contribution in [2.75, 3.05) is 11.6 Å². The molecule has 222 valence electrons. The Morgan fingerprint density at radius 1 is 1.24 bits per heavy atom. The Hall–Kier alpha value is -2.75. The number of alkyl halides is 1. The van der Waals surface area contributed by atoms with Crippen molar-refractivity contribution in [1.82, 2.24) is 9.88 Å². The van der Waals surface area contributed by atoms with Gasteiger partial charge in [-0.2, -0.15) is 0 Å². The maximum atomic E-state index is 13.5. The smallest absolute Gasteiger partial charge is 0.378 e. The van der Waals surface area contributed by atoms with Gasteiger partial charge in [-0.25, -0.2) is 14.6 Å². The van der Waals surface area contributed by atoms with E-state index in [-0.39, 0.29) is 44.4 Å². The molecule has 0 spiro atoms. The predicted molar refractivity (Wildman–Crippen MR) is 152 cm³/mol. The Kier molecular flexibility index (Phi) is 11.0. The lowest BCUT2D eigenvalue weighted by Crippen LogP contribution is -2.66. The highest BCUT2D eigenvalue weighted by Crippen LogP contribution is 2.41. The van der Waals surface area contributed by atoms with Gasteiger partial charge in [0.15, 0.2) is 11.5 Å². The van der Waals surface area contributed by atoms with Crippen molar-refractivity contribution in [3.05, 3.63) is 26.3 Å². The molecule has 1 aromatic rings. The maximum absolute atomic E-state index is 13.5. The van der Waals surface area contributed by atoms with Gasteiger partial charge in [-0.3, -0.25) is 23.5 Å². The predicted octanol–water partition coefficient (Wildman–Crippen LogP) is 1.04. The van der Waals surface area contributed by atoms with Crippen molar-refractivity contribution in [3.63, 3.8) is 0 Å². The van der Waals surface area contributed by atoms with Crippen LogP contribution in [-0.2, 0) is 60.1 Å². The highest BCUT2D eigenvalue weighted by atomic mass is 35.5. The quantitative estimate of drug-likeness (QED) is 0.0833. The number of ether oxygens (including phenoxy) is 1. The number of ketones is 1.